The van der Waals surface area contributed by atoms with Crippen molar-refractivity contribution in [2.45, 2.75) is 58.8 Å². The molecule has 20 heavy (non-hydrogen) atoms. The van der Waals surface area contributed by atoms with E-state index >= 15 is 0 Å². The topological polar surface area (TPSA) is 47.7 Å². The molecule has 0 spiro atoms. The molecule has 2 heterocycles. The summed E-state index contributed by atoms with van der Waals surface area (Å²) in [5, 5.41) is 8.16. The van der Waals surface area contributed by atoms with Crippen LogP contribution < -0.4 is 5.32 Å². The minimum atomic E-state index is 0.391. The van der Waals surface area contributed by atoms with Gasteiger partial charge in [-0.15, -0.1) is 0 Å². The van der Waals surface area contributed by atoms with Crippen LogP contribution in [0, 0.1) is 0 Å². The Morgan fingerprint density at radius 2 is 2.05 bits per heavy atom. The first-order chi connectivity index (χ1) is 9.72. The van der Waals surface area contributed by atoms with Gasteiger partial charge in [0, 0.05) is 37.7 Å². The lowest BCUT2D eigenvalue weighted by atomic mass is 10.2. The van der Waals surface area contributed by atoms with Gasteiger partial charge in [0.15, 0.2) is 0 Å². The molecular weight excluding hydrogens is 250 g/mol. The number of nitrogens with zero attached hydrogens (tertiary/aromatic N) is 4. The molecule has 2 rings (SSSR count). The molecule has 0 saturated heterocycles. The highest BCUT2D eigenvalue weighted by Gasteiger charge is 2.08. The molecule has 0 aliphatic heterocycles. The summed E-state index contributed by atoms with van der Waals surface area (Å²) in [6, 6.07) is 3.02. The molecule has 0 amide bonds. The summed E-state index contributed by atoms with van der Waals surface area (Å²) in [5.74, 6) is 0. The van der Waals surface area contributed by atoms with Gasteiger partial charge in [0.05, 0.1) is 18.1 Å². The van der Waals surface area contributed by atoms with Crippen molar-refractivity contribution in [2.75, 3.05) is 0 Å². The van der Waals surface area contributed by atoms with Gasteiger partial charge in [0.2, 0.25) is 0 Å². The largest absolute Gasteiger partial charge is 0.336 e. The summed E-state index contributed by atoms with van der Waals surface area (Å²) in [5.41, 5.74) is 1.11. The molecule has 0 aliphatic carbocycles. The molecular formula is C15H25N5. The molecule has 0 bridgehead atoms. The van der Waals surface area contributed by atoms with Crippen LogP contribution in [0.25, 0.3) is 0 Å². The first-order valence-corrected chi connectivity index (χ1v) is 7.46. The Kier molecular flexibility index (Phi) is 5.35. The van der Waals surface area contributed by atoms with E-state index in [1.165, 1.54) is 0 Å². The third-order valence-corrected chi connectivity index (χ3v) is 3.66. The molecule has 2 aromatic rings. The molecule has 0 saturated carbocycles. The molecule has 0 aliphatic rings. The second-order valence-electron chi connectivity index (χ2n) is 5.30. The number of aromatic nitrogens is 4. The van der Waals surface area contributed by atoms with Crippen molar-refractivity contribution in [3.05, 3.63) is 36.7 Å². The van der Waals surface area contributed by atoms with E-state index in [1.54, 1.807) is 0 Å². The van der Waals surface area contributed by atoms with Crippen molar-refractivity contribution < 1.29 is 0 Å². The van der Waals surface area contributed by atoms with Gasteiger partial charge >= 0.3 is 0 Å². The average molecular weight is 275 g/mol. The highest BCUT2D eigenvalue weighted by molar-refractivity contribution is 4.99. The number of rotatable bonds is 8. The van der Waals surface area contributed by atoms with Gasteiger partial charge in [-0.25, -0.2) is 4.98 Å². The predicted molar refractivity (Wildman–Crippen MR) is 80.4 cm³/mol. The maximum absolute atomic E-state index is 4.66. The Morgan fingerprint density at radius 3 is 2.70 bits per heavy atom. The van der Waals surface area contributed by atoms with Crippen LogP contribution in [0.15, 0.2) is 31.0 Å². The predicted octanol–water partition coefficient (Wildman–Crippen LogP) is 2.62. The Labute approximate surface area is 121 Å². The van der Waals surface area contributed by atoms with Gasteiger partial charge in [0.1, 0.15) is 0 Å². The SMILES string of the molecule is CCC(CC)n1ccc(CNC(C)Cn2ccnc2)n1. The molecule has 0 radical (unpaired) electrons. The first-order valence-electron chi connectivity index (χ1n) is 7.46. The van der Waals surface area contributed by atoms with E-state index < -0.39 is 0 Å². The third kappa shape index (κ3) is 3.93. The van der Waals surface area contributed by atoms with Crippen molar-refractivity contribution >= 4 is 0 Å². The molecule has 1 atom stereocenters. The van der Waals surface area contributed by atoms with Crippen LogP contribution in [0.2, 0.25) is 0 Å². The quantitative estimate of drug-likeness (QED) is 0.805. The lowest BCUT2D eigenvalue weighted by Gasteiger charge is -2.14. The van der Waals surface area contributed by atoms with Gasteiger partial charge in [-0.1, -0.05) is 13.8 Å². The van der Waals surface area contributed by atoms with Crippen molar-refractivity contribution in [2.24, 2.45) is 0 Å². The number of hydrogen-bond donors (Lipinski definition) is 1. The summed E-state index contributed by atoms with van der Waals surface area (Å²) < 4.78 is 4.18. The van der Waals surface area contributed by atoms with Crippen molar-refractivity contribution in [1.29, 1.82) is 0 Å². The minimum Gasteiger partial charge on any atom is -0.336 e. The summed E-state index contributed by atoms with van der Waals surface area (Å²) in [7, 11) is 0. The average Bonchev–Trinajstić information content (AvgIpc) is 3.10. The maximum Gasteiger partial charge on any atom is 0.0946 e. The second kappa shape index (κ2) is 7.24. The summed E-state index contributed by atoms with van der Waals surface area (Å²) in [6.07, 6.45) is 9.99. The van der Waals surface area contributed by atoms with Crippen LogP contribution in [-0.2, 0) is 13.1 Å². The molecule has 0 aromatic carbocycles. The van der Waals surface area contributed by atoms with E-state index in [1.807, 2.05) is 18.7 Å². The molecule has 5 nitrogen and oxygen atoms in total. The fourth-order valence-electron chi connectivity index (χ4n) is 2.39. The molecule has 1 N–H and O–H groups in total. The smallest absolute Gasteiger partial charge is 0.0946 e. The van der Waals surface area contributed by atoms with E-state index in [2.05, 4.69) is 57.7 Å². The molecule has 0 fully saturated rings. The van der Waals surface area contributed by atoms with Gasteiger partial charge in [-0.3, -0.25) is 4.68 Å². The van der Waals surface area contributed by atoms with Gasteiger partial charge in [-0.05, 0) is 25.8 Å². The zero-order valence-electron chi connectivity index (χ0n) is 12.7. The standard InChI is InChI=1S/C15H25N5/c1-4-15(5-2)20-8-6-14(18-20)10-17-13(3)11-19-9-7-16-12-19/h6-9,12-13,15,17H,4-5,10-11H2,1-3H3. The fourth-order valence-corrected chi connectivity index (χ4v) is 2.39. The third-order valence-electron chi connectivity index (χ3n) is 3.66. The number of imidazole rings is 1. The van der Waals surface area contributed by atoms with E-state index in [0.717, 1.165) is 31.6 Å². The Hall–Kier alpha value is -1.62. The van der Waals surface area contributed by atoms with Crippen LogP contribution in [0.5, 0.6) is 0 Å². The fraction of sp³-hybridized carbons (Fsp3) is 0.600. The maximum atomic E-state index is 4.66. The van der Waals surface area contributed by atoms with Crippen molar-refractivity contribution in [3.63, 3.8) is 0 Å². The highest BCUT2D eigenvalue weighted by atomic mass is 15.3. The van der Waals surface area contributed by atoms with Crippen LogP contribution in [0.4, 0.5) is 0 Å². The van der Waals surface area contributed by atoms with Gasteiger partial charge in [0.25, 0.3) is 0 Å². The first kappa shape index (κ1) is 14.8. The Balaban J connectivity index is 1.81. The molecule has 110 valence electrons. The molecule has 1 unspecified atom stereocenters. The molecule has 5 heteroatoms. The summed E-state index contributed by atoms with van der Waals surface area (Å²) in [4.78, 5) is 4.05. The number of hydrogen-bond acceptors (Lipinski definition) is 3. The zero-order valence-corrected chi connectivity index (χ0v) is 12.7. The summed E-state index contributed by atoms with van der Waals surface area (Å²) in [6.45, 7) is 8.33. The van der Waals surface area contributed by atoms with Crippen LogP contribution in [0.3, 0.4) is 0 Å². The molecule has 2 aromatic heterocycles. The lowest BCUT2D eigenvalue weighted by molar-refractivity contribution is 0.420. The van der Waals surface area contributed by atoms with Gasteiger partial charge < -0.3 is 9.88 Å². The van der Waals surface area contributed by atoms with Crippen LogP contribution in [0.1, 0.15) is 45.3 Å². The van der Waals surface area contributed by atoms with E-state index in [-0.39, 0.29) is 0 Å². The zero-order chi connectivity index (χ0) is 14.4. The monoisotopic (exact) mass is 275 g/mol. The van der Waals surface area contributed by atoms with Crippen LogP contribution >= 0.6 is 0 Å². The normalized spacial score (nSPS) is 13.0. The second-order valence-corrected chi connectivity index (χ2v) is 5.30. The Bertz CT molecular complexity index is 484. The highest BCUT2D eigenvalue weighted by Crippen LogP contribution is 2.14. The number of nitrogens with one attached hydrogen (secondary N) is 1. The van der Waals surface area contributed by atoms with Crippen molar-refractivity contribution in [1.82, 2.24) is 24.6 Å². The van der Waals surface area contributed by atoms with E-state index in [9.17, 15) is 0 Å². The lowest BCUT2D eigenvalue weighted by Crippen LogP contribution is -2.29. The van der Waals surface area contributed by atoms with Gasteiger partial charge in [-0.2, -0.15) is 5.10 Å². The van der Waals surface area contributed by atoms with Crippen LogP contribution in [-0.4, -0.2) is 25.4 Å². The van der Waals surface area contributed by atoms with E-state index in [0.29, 0.717) is 12.1 Å². The summed E-state index contributed by atoms with van der Waals surface area (Å²) >= 11 is 0. The van der Waals surface area contributed by atoms with Crippen molar-refractivity contribution in [3.8, 4) is 0 Å². The van der Waals surface area contributed by atoms with E-state index in [4.69, 9.17) is 0 Å². The Morgan fingerprint density at radius 1 is 1.25 bits per heavy atom. The minimum absolute atomic E-state index is 0.391.